The topological polar surface area (TPSA) is 95.0 Å². The zero-order valence-electron chi connectivity index (χ0n) is 18.0. The van der Waals surface area contributed by atoms with Crippen LogP contribution in [-0.2, 0) is 9.53 Å². The Hall–Kier alpha value is -2.05. The van der Waals surface area contributed by atoms with Crippen molar-refractivity contribution in [1.29, 1.82) is 0 Å². The Kier molecular flexibility index (Phi) is 8.99. The van der Waals surface area contributed by atoms with Crippen LogP contribution in [0.25, 0.3) is 10.6 Å². The van der Waals surface area contributed by atoms with E-state index in [1.807, 2.05) is 19.9 Å². The molecule has 0 saturated heterocycles. The lowest BCUT2D eigenvalue weighted by Gasteiger charge is -2.35. The van der Waals surface area contributed by atoms with Crippen molar-refractivity contribution in [1.82, 2.24) is 0 Å². The normalized spacial score (nSPS) is 28.3. The first kappa shape index (κ1) is 23.2. The maximum Gasteiger partial charge on any atom is 0.330 e. The summed E-state index contributed by atoms with van der Waals surface area (Å²) in [6, 6.07) is 0. The fourth-order valence-electron chi connectivity index (χ4n) is 3.75. The molecule has 0 aromatic rings. The van der Waals surface area contributed by atoms with Crippen LogP contribution in [0, 0.1) is 5.92 Å². The number of carbonyl (C=O) groups excluding carboxylic acids is 1. The van der Waals surface area contributed by atoms with Gasteiger partial charge in [0.1, 0.15) is 6.10 Å². The van der Waals surface area contributed by atoms with Gasteiger partial charge in [0.25, 0.3) is 0 Å². The molecule has 2 aliphatic rings. The number of hydrogen-bond donors (Lipinski definition) is 2. The lowest BCUT2D eigenvalue weighted by Crippen LogP contribution is -2.27. The summed E-state index contributed by atoms with van der Waals surface area (Å²) in [6.07, 6.45) is 10.6. The summed E-state index contributed by atoms with van der Waals surface area (Å²) in [5.74, 6) is 0.112. The SMILES string of the molecule is C[N-]C(=C\C1=CC(O)C(O)CC1)/C(=C/C1CCC(OC(=O)C=C(C)C)CC1)[N-]C. The number of rotatable bonds is 7. The van der Waals surface area contributed by atoms with E-state index in [1.165, 1.54) is 6.08 Å². The van der Waals surface area contributed by atoms with Crippen molar-refractivity contribution in [3.8, 4) is 0 Å². The molecule has 6 heteroatoms. The fourth-order valence-corrected chi connectivity index (χ4v) is 3.75. The molecule has 0 amide bonds. The number of aliphatic hydroxyl groups is 2. The van der Waals surface area contributed by atoms with Crippen LogP contribution in [0.2, 0.25) is 0 Å². The second kappa shape index (κ2) is 11.2. The molecule has 0 spiro atoms. The average molecular weight is 403 g/mol. The highest BCUT2D eigenvalue weighted by Crippen LogP contribution is 2.32. The summed E-state index contributed by atoms with van der Waals surface area (Å²) in [5, 5.41) is 28.3. The summed E-state index contributed by atoms with van der Waals surface area (Å²) in [5.41, 5.74) is 3.52. The Balaban J connectivity index is 2.00. The van der Waals surface area contributed by atoms with Gasteiger partial charge in [-0.15, -0.1) is 14.1 Å². The molecule has 2 N–H and O–H groups in total. The Morgan fingerprint density at radius 3 is 2.28 bits per heavy atom. The van der Waals surface area contributed by atoms with Gasteiger partial charge in [-0.25, -0.2) is 4.79 Å². The summed E-state index contributed by atoms with van der Waals surface area (Å²) >= 11 is 0. The first-order valence-electron chi connectivity index (χ1n) is 10.4. The number of aliphatic hydroxyl groups excluding tert-OH is 2. The third-order valence-corrected chi connectivity index (χ3v) is 5.38. The highest BCUT2D eigenvalue weighted by Gasteiger charge is 2.22. The molecular weight excluding hydrogens is 368 g/mol. The molecule has 0 aromatic carbocycles. The minimum atomic E-state index is -0.830. The molecule has 2 aliphatic carbocycles. The van der Waals surface area contributed by atoms with Crippen LogP contribution in [0.1, 0.15) is 52.4 Å². The van der Waals surface area contributed by atoms with E-state index in [9.17, 15) is 15.0 Å². The van der Waals surface area contributed by atoms with Gasteiger partial charge in [-0.1, -0.05) is 29.4 Å². The van der Waals surface area contributed by atoms with Gasteiger partial charge >= 0.3 is 5.97 Å². The minimum absolute atomic E-state index is 0.0176. The van der Waals surface area contributed by atoms with E-state index >= 15 is 0 Å². The highest BCUT2D eigenvalue weighted by molar-refractivity contribution is 5.82. The molecule has 2 rings (SSSR count). The first-order chi connectivity index (χ1) is 13.8. The number of likely N-dealkylation sites (N-methyl/N-ethyl adjacent to an activating group) is 2. The van der Waals surface area contributed by atoms with E-state index in [2.05, 4.69) is 16.7 Å². The second-order valence-corrected chi connectivity index (χ2v) is 8.06. The Bertz CT molecular complexity index is 681. The lowest BCUT2D eigenvalue weighted by molar-refractivity contribution is -0.144. The van der Waals surface area contributed by atoms with Crippen molar-refractivity contribution in [3.05, 3.63) is 57.5 Å². The lowest BCUT2D eigenvalue weighted by atomic mass is 9.86. The van der Waals surface area contributed by atoms with E-state index in [1.54, 1.807) is 20.2 Å². The van der Waals surface area contributed by atoms with E-state index in [0.29, 0.717) is 18.8 Å². The summed E-state index contributed by atoms with van der Waals surface area (Å²) in [4.78, 5) is 11.8. The zero-order valence-corrected chi connectivity index (χ0v) is 18.0. The predicted octanol–water partition coefficient (Wildman–Crippen LogP) is 4.27. The molecule has 0 aliphatic heterocycles. The molecule has 162 valence electrons. The van der Waals surface area contributed by atoms with E-state index in [0.717, 1.165) is 48.2 Å². The van der Waals surface area contributed by atoms with Crippen molar-refractivity contribution in [2.45, 2.75) is 70.7 Å². The molecule has 2 unspecified atom stereocenters. The molecular formula is C23H34N2O4-2. The molecule has 1 fully saturated rings. The molecule has 0 heterocycles. The molecule has 0 bridgehead atoms. The number of carbonyl (C=O) groups is 1. The maximum absolute atomic E-state index is 11.8. The number of esters is 1. The molecule has 2 atom stereocenters. The monoisotopic (exact) mass is 402 g/mol. The third-order valence-electron chi connectivity index (χ3n) is 5.38. The smallest absolute Gasteiger partial charge is 0.330 e. The standard InChI is InChI=1S/C23H34N2O4/c1-15(2)11-23(28)29-18-8-5-16(6-9-18)12-19(24-3)20(25-4)13-17-7-10-21(26)22(27)14-17/h11-14,16,18,21-22,26-27H,5-10H2,1-4H3/q-2/b19-12-,20-13-. The van der Waals surface area contributed by atoms with Crippen LogP contribution in [0.4, 0.5) is 0 Å². The van der Waals surface area contributed by atoms with Crippen molar-refractivity contribution in [2.75, 3.05) is 14.1 Å². The van der Waals surface area contributed by atoms with Crippen LogP contribution >= 0.6 is 0 Å². The summed E-state index contributed by atoms with van der Waals surface area (Å²) in [7, 11) is 3.49. The summed E-state index contributed by atoms with van der Waals surface area (Å²) in [6.45, 7) is 3.77. The predicted molar refractivity (Wildman–Crippen MR) is 115 cm³/mol. The van der Waals surface area contributed by atoms with E-state index in [4.69, 9.17) is 4.74 Å². The fraction of sp³-hybridized carbons (Fsp3) is 0.609. The first-order valence-corrected chi connectivity index (χ1v) is 10.4. The number of hydrogen-bond acceptors (Lipinski definition) is 4. The number of nitrogens with zero attached hydrogens (tertiary/aromatic N) is 2. The quantitative estimate of drug-likeness (QED) is 0.378. The van der Waals surface area contributed by atoms with Gasteiger partial charge in [0.05, 0.1) is 12.2 Å². The Morgan fingerprint density at radius 1 is 1.07 bits per heavy atom. The van der Waals surface area contributed by atoms with Crippen LogP contribution in [0.15, 0.2) is 46.8 Å². The van der Waals surface area contributed by atoms with Gasteiger partial charge < -0.3 is 25.6 Å². The van der Waals surface area contributed by atoms with Gasteiger partial charge in [0.2, 0.25) is 0 Å². The zero-order chi connectivity index (χ0) is 21.4. The van der Waals surface area contributed by atoms with Crippen molar-refractivity contribution in [3.63, 3.8) is 0 Å². The highest BCUT2D eigenvalue weighted by atomic mass is 16.5. The number of ether oxygens (including phenoxy) is 1. The molecule has 0 radical (unpaired) electrons. The van der Waals surface area contributed by atoms with Crippen molar-refractivity contribution >= 4 is 5.97 Å². The molecule has 1 saturated carbocycles. The van der Waals surface area contributed by atoms with Crippen LogP contribution in [0.5, 0.6) is 0 Å². The molecule has 29 heavy (non-hydrogen) atoms. The maximum atomic E-state index is 11.8. The molecule has 6 nitrogen and oxygen atoms in total. The number of allylic oxidation sites excluding steroid dienone is 4. The van der Waals surface area contributed by atoms with Gasteiger partial charge in [-0.3, -0.25) is 0 Å². The Labute approximate surface area is 174 Å². The van der Waals surface area contributed by atoms with Gasteiger partial charge in [-0.05, 0) is 58.3 Å². The average Bonchev–Trinajstić information content (AvgIpc) is 2.68. The van der Waals surface area contributed by atoms with Crippen LogP contribution in [-0.4, -0.2) is 48.6 Å². The van der Waals surface area contributed by atoms with Gasteiger partial charge in [0, 0.05) is 6.08 Å². The summed E-state index contributed by atoms with van der Waals surface area (Å²) < 4.78 is 5.53. The Morgan fingerprint density at radius 2 is 1.72 bits per heavy atom. The van der Waals surface area contributed by atoms with Crippen LogP contribution < -0.4 is 0 Å². The van der Waals surface area contributed by atoms with Crippen molar-refractivity contribution in [2.24, 2.45) is 5.92 Å². The van der Waals surface area contributed by atoms with Crippen LogP contribution in [0.3, 0.4) is 0 Å². The molecule has 0 aromatic heterocycles. The van der Waals surface area contributed by atoms with E-state index < -0.39 is 12.2 Å². The van der Waals surface area contributed by atoms with Crippen molar-refractivity contribution < 1.29 is 19.7 Å². The van der Waals surface area contributed by atoms with E-state index in [-0.39, 0.29) is 12.1 Å². The third kappa shape index (κ3) is 7.37. The minimum Gasteiger partial charge on any atom is -0.688 e. The van der Waals surface area contributed by atoms with Gasteiger partial charge in [-0.2, -0.15) is 11.4 Å². The largest absolute Gasteiger partial charge is 0.688 e. The second-order valence-electron chi connectivity index (χ2n) is 8.06. The van der Waals surface area contributed by atoms with Gasteiger partial charge in [0.15, 0.2) is 0 Å².